The quantitative estimate of drug-likeness (QED) is 0.0320. The molecule has 1 amide bonds. The third-order valence-corrected chi connectivity index (χ3v) is 14.7. The van der Waals surface area contributed by atoms with Crippen LogP contribution in [-0.2, 0) is 14.3 Å². The zero-order valence-corrected chi connectivity index (χ0v) is 49.3. The normalized spacial score (nSPS) is 13.0. The van der Waals surface area contributed by atoms with Crippen LogP contribution in [0.2, 0.25) is 0 Å². The first kappa shape index (κ1) is 71.6. The lowest BCUT2D eigenvalue weighted by Gasteiger charge is -2.20. The van der Waals surface area contributed by atoms with Gasteiger partial charge in [-0.15, -0.1) is 0 Å². The maximum absolute atomic E-state index is 12.5. The largest absolute Gasteiger partial charge is 0.466 e. The first-order valence-electron chi connectivity index (χ1n) is 32.6. The summed E-state index contributed by atoms with van der Waals surface area (Å²) in [7, 11) is 0. The van der Waals surface area contributed by atoms with E-state index in [1.54, 1.807) is 6.08 Å². The fourth-order valence-corrected chi connectivity index (χ4v) is 9.76. The Hall–Kier alpha value is -2.44. The molecule has 0 fully saturated rings. The summed E-state index contributed by atoms with van der Waals surface area (Å²) < 4.78 is 5.46. The van der Waals surface area contributed by atoms with Crippen LogP contribution in [-0.4, -0.2) is 47.4 Å². The van der Waals surface area contributed by atoms with Crippen LogP contribution >= 0.6 is 0 Å². The second-order valence-electron chi connectivity index (χ2n) is 22.1. The van der Waals surface area contributed by atoms with Crippen molar-refractivity contribution in [2.24, 2.45) is 0 Å². The molecule has 0 radical (unpaired) electrons. The van der Waals surface area contributed by atoms with Gasteiger partial charge in [-0.1, -0.05) is 293 Å². The van der Waals surface area contributed by atoms with E-state index in [1.807, 2.05) is 6.08 Å². The van der Waals surface area contributed by atoms with Crippen molar-refractivity contribution in [1.29, 1.82) is 0 Å². The van der Waals surface area contributed by atoms with Gasteiger partial charge in [-0.25, -0.2) is 0 Å². The van der Waals surface area contributed by atoms with E-state index in [9.17, 15) is 19.8 Å². The van der Waals surface area contributed by atoms with Crippen LogP contribution in [0.25, 0.3) is 0 Å². The molecule has 0 spiro atoms. The molecule has 0 aromatic rings. The average Bonchev–Trinajstić information content (AvgIpc) is 3.40. The number of rotatable bonds is 60. The van der Waals surface area contributed by atoms with E-state index in [-0.39, 0.29) is 18.5 Å². The predicted molar refractivity (Wildman–Crippen MR) is 324 cm³/mol. The molecule has 0 rings (SSSR count). The molecular formula is C68H125NO5. The number of aliphatic hydroxyl groups is 2. The summed E-state index contributed by atoms with van der Waals surface area (Å²) >= 11 is 0. The van der Waals surface area contributed by atoms with Crippen molar-refractivity contribution < 1.29 is 24.5 Å². The number of ether oxygens (including phenoxy) is 1. The first-order chi connectivity index (χ1) is 36.5. The molecule has 6 nitrogen and oxygen atoms in total. The maximum atomic E-state index is 12.5. The van der Waals surface area contributed by atoms with E-state index >= 15 is 0 Å². The number of amides is 1. The van der Waals surface area contributed by atoms with E-state index in [2.05, 4.69) is 67.8 Å². The Bertz CT molecular complexity index is 1290. The Morgan fingerprint density at radius 3 is 1.08 bits per heavy atom. The molecule has 0 bridgehead atoms. The van der Waals surface area contributed by atoms with Crippen molar-refractivity contribution in [2.75, 3.05) is 13.2 Å². The van der Waals surface area contributed by atoms with Crippen molar-refractivity contribution in [1.82, 2.24) is 5.32 Å². The highest BCUT2D eigenvalue weighted by atomic mass is 16.5. The first-order valence-corrected chi connectivity index (χ1v) is 32.6. The van der Waals surface area contributed by atoms with Crippen molar-refractivity contribution >= 4 is 11.9 Å². The molecular weight excluding hydrogens is 911 g/mol. The van der Waals surface area contributed by atoms with Crippen LogP contribution in [0.3, 0.4) is 0 Å². The van der Waals surface area contributed by atoms with E-state index in [0.717, 1.165) is 57.8 Å². The summed E-state index contributed by atoms with van der Waals surface area (Å²) in [6.07, 6.45) is 82.7. The third kappa shape index (κ3) is 58.8. The van der Waals surface area contributed by atoms with E-state index in [0.29, 0.717) is 19.4 Å². The summed E-state index contributed by atoms with van der Waals surface area (Å²) in [5.41, 5.74) is 0. The Labute approximate surface area is 460 Å². The van der Waals surface area contributed by atoms with Gasteiger partial charge in [0, 0.05) is 12.8 Å². The van der Waals surface area contributed by atoms with Crippen LogP contribution in [0, 0.1) is 0 Å². The molecule has 0 aliphatic heterocycles. The molecule has 0 aliphatic carbocycles. The average molecular weight is 1040 g/mol. The summed E-state index contributed by atoms with van der Waals surface area (Å²) in [5, 5.41) is 23.2. The SMILES string of the molecule is CCC/C=C\C/C=C\CCCCCCCC(=O)OCCCCCCCCCCC/C=C\C/C=C\CCCCCCCCCCCC(=O)NC(CO)C(O)/C=C/CCCCCCCCCCCCCCCCCCC. The van der Waals surface area contributed by atoms with Crippen molar-refractivity contribution in [3.8, 4) is 0 Å². The number of hydrogen-bond donors (Lipinski definition) is 3. The minimum absolute atomic E-state index is 0.00726. The predicted octanol–water partition coefficient (Wildman–Crippen LogP) is 20.7. The second-order valence-corrected chi connectivity index (χ2v) is 22.1. The topological polar surface area (TPSA) is 95.9 Å². The van der Waals surface area contributed by atoms with E-state index < -0.39 is 12.1 Å². The van der Waals surface area contributed by atoms with Crippen molar-refractivity contribution in [3.63, 3.8) is 0 Å². The molecule has 432 valence electrons. The molecule has 0 aromatic carbocycles. The van der Waals surface area contributed by atoms with Crippen LogP contribution in [0.4, 0.5) is 0 Å². The summed E-state index contributed by atoms with van der Waals surface area (Å²) in [6, 6.07) is -0.634. The van der Waals surface area contributed by atoms with Crippen LogP contribution < -0.4 is 5.32 Å². The van der Waals surface area contributed by atoms with Crippen LogP contribution in [0.15, 0.2) is 60.8 Å². The molecule has 0 saturated carbocycles. The maximum Gasteiger partial charge on any atom is 0.305 e. The Morgan fingerprint density at radius 2 is 0.703 bits per heavy atom. The van der Waals surface area contributed by atoms with E-state index in [1.165, 1.54) is 250 Å². The lowest BCUT2D eigenvalue weighted by atomic mass is 10.0. The summed E-state index contributed by atoms with van der Waals surface area (Å²) in [5.74, 6) is -0.0800. The van der Waals surface area contributed by atoms with Gasteiger partial charge in [-0.05, 0) is 89.9 Å². The number of carbonyl (C=O) groups excluding carboxylic acids is 2. The number of nitrogens with one attached hydrogen (secondary N) is 1. The van der Waals surface area contributed by atoms with Gasteiger partial charge in [0.05, 0.1) is 25.4 Å². The number of aliphatic hydroxyl groups excluding tert-OH is 2. The van der Waals surface area contributed by atoms with E-state index in [4.69, 9.17) is 4.74 Å². The highest BCUT2D eigenvalue weighted by Gasteiger charge is 2.18. The zero-order valence-electron chi connectivity index (χ0n) is 49.3. The lowest BCUT2D eigenvalue weighted by molar-refractivity contribution is -0.143. The summed E-state index contributed by atoms with van der Waals surface area (Å²) in [6.45, 7) is 4.84. The minimum atomic E-state index is -0.850. The Morgan fingerprint density at radius 1 is 0.378 bits per heavy atom. The minimum Gasteiger partial charge on any atom is -0.466 e. The Kier molecular flexibility index (Phi) is 61.0. The monoisotopic (exact) mass is 1040 g/mol. The standard InChI is InChI=1S/C68H125NO5/c1-3-5-7-9-11-13-15-17-18-19-27-30-33-37-40-44-48-52-56-60-66(71)65(64-70)69-67(72)61-57-53-49-45-41-38-34-31-28-25-23-21-20-22-24-26-29-32-35-39-43-47-51-55-59-63-74-68(73)62-58-54-50-46-42-36-16-14-12-10-8-6-4-2/h8,10,14,16,21-24,56,60,65-66,70-71H,3-7,9,11-13,15,17-20,25-55,57-59,61-64H2,1-2H3,(H,69,72)/b10-8-,16-14-,23-21-,24-22-,60-56+. The molecule has 74 heavy (non-hydrogen) atoms. The molecule has 3 N–H and O–H groups in total. The van der Waals surface area contributed by atoms with Gasteiger partial charge in [0.1, 0.15) is 0 Å². The number of hydrogen-bond acceptors (Lipinski definition) is 5. The van der Waals surface area contributed by atoms with Crippen molar-refractivity contribution in [2.45, 2.75) is 347 Å². The molecule has 0 aliphatic rings. The van der Waals surface area contributed by atoms with Gasteiger partial charge >= 0.3 is 5.97 Å². The van der Waals surface area contributed by atoms with Gasteiger partial charge in [-0.2, -0.15) is 0 Å². The highest BCUT2D eigenvalue weighted by molar-refractivity contribution is 5.76. The zero-order chi connectivity index (χ0) is 53.6. The van der Waals surface area contributed by atoms with Gasteiger partial charge in [0.25, 0.3) is 0 Å². The molecule has 6 heteroatoms. The Balaban J connectivity index is 3.48. The highest BCUT2D eigenvalue weighted by Crippen LogP contribution is 2.17. The smallest absolute Gasteiger partial charge is 0.305 e. The molecule has 2 atom stereocenters. The number of allylic oxidation sites excluding steroid dienone is 9. The molecule has 0 aromatic heterocycles. The molecule has 2 unspecified atom stereocenters. The number of esters is 1. The van der Waals surface area contributed by atoms with Gasteiger partial charge in [0.2, 0.25) is 5.91 Å². The number of unbranched alkanes of at least 4 members (excludes halogenated alkanes) is 41. The lowest BCUT2D eigenvalue weighted by Crippen LogP contribution is -2.45. The fraction of sp³-hybridized carbons (Fsp3) is 0.824. The van der Waals surface area contributed by atoms with Gasteiger partial charge in [-0.3, -0.25) is 9.59 Å². The number of carbonyl (C=O) groups is 2. The molecule has 0 saturated heterocycles. The van der Waals surface area contributed by atoms with Crippen LogP contribution in [0.5, 0.6) is 0 Å². The van der Waals surface area contributed by atoms with Gasteiger partial charge in [0.15, 0.2) is 0 Å². The fourth-order valence-electron chi connectivity index (χ4n) is 9.76. The third-order valence-electron chi connectivity index (χ3n) is 14.7. The summed E-state index contributed by atoms with van der Waals surface area (Å²) in [4.78, 5) is 24.5. The molecule has 0 heterocycles. The second kappa shape index (κ2) is 63.1. The van der Waals surface area contributed by atoms with Crippen LogP contribution in [0.1, 0.15) is 335 Å². The van der Waals surface area contributed by atoms with Crippen molar-refractivity contribution in [3.05, 3.63) is 60.8 Å². The van der Waals surface area contributed by atoms with Gasteiger partial charge < -0.3 is 20.3 Å².